The molecule has 0 heterocycles. The lowest BCUT2D eigenvalue weighted by Gasteiger charge is -2.54. The first kappa shape index (κ1) is 14.5. The Labute approximate surface area is 116 Å². The van der Waals surface area contributed by atoms with Crippen molar-refractivity contribution < 1.29 is 4.39 Å². The van der Waals surface area contributed by atoms with E-state index < -0.39 is 0 Å². The number of hydrogen-bond donors (Lipinski definition) is 1. The highest BCUT2D eigenvalue weighted by molar-refractivity contribution is 5.31. The average molecular weight is 263 g/mol. The number of nitrogens with one attached hydrogen (secondary N) is 1. The maximum absolute atomic E-state index is 13.5. The quantitative estimate of drug-likeness (QED) is 0.842. The lowest BCUT2D eigenvalue weighted by molar-refractivity contribution is 0.0556. The Morgan fingerprint density at radius 3 is 2.47 bits per heavy atom. The summed E-state index contributed by atoms with van der Waals surface area (Å²) < 4.78 is 13.5. The van der Waals surface area contributed by atoms with Crippen LogP contribution in [-0.2, 0) is 5.41 Å². The first-order valence-electron chi connectivity index (χ1n) is 7.30. The van der Waals surface area contributed by atoms with Gasteiger partial charge in [-0.15, -0.1) is 0 Å². The van der Waals surface area contributed by atoms with Gasteiger partial charge in [0.15, 0.2) is 0 Å². The average Bonchev–Trinajstić information content (AvgIpc) is 2.25. The van der Waals surface area contributed by atoms with E-state index in [2.05, 4.69) is 39.1 Å². The van der Waals surface area contributed by atoms with E-state index in [1.807, 2.05) is 6.07 Å². The van der Waals surface area contributed by atoms with Crippen LogP contribution in [0.15, 0.2) is 24.3 Å². The fourth-order valence-electron chi connectivity index (χ4n) is 3.63. The lowest BCUT2D eigenvalue weighted by atomic mass is 9.52. The molecule has 0 radical (unpaired) electrons. The monoisotopic (exact) mass is 263 g/mol. The highest BCUT2D eigenvalue weighted by atomic mass is 19.1. The van der Waals surface area contributed by atoms with Gasteiger partial charge < -0.3 is 5.32 Å². The molecule has 1 fully saturated rings. The van der Waals surface area contributed by atoms with Crippen molar-refractivity contribution in [3.63, 3.8) is 0 Å². The second-order valence-corrected chi connectivity index (χ2v) is 7.33. The number of halogens is 1. The molecule has 0 unspecified atom stereocenters. The van der Waals surface area contributed by atoms with Crippen LogP contribution in [-0.4, -0.2) is 13.1 Å². The minimum absolute atomic E-state index is 0.120. The first-order valence-corrected chi connectivity index (χ1v) is 7.30. The zero-order valence-electron chi connectivity index (χ0n) is 12.6. The van der Waals surface area contributed by atoms with Crippen LogP contribution in [0.5, 0.6) is 0 Å². The number of benzene rings is 1. The maximum atomic E-state index is 13.5. The Bertz CT molecular complexity index is 429. The molecule has 0 amide bonds. The van der Waals surface area contributed by atoms with E-state index in [9.17, 15) is 4.39 Å². The summed E-state index contributed by atoms with van der Waals surface area (Å²) in [4.78, 5) is 0. The van der Waals surface area contributed by atoms with E-state index in [-0.39, 0.29) is 11.2 Å². The first-order chi connectivity index (χ1) is 8.83. The lowest BCUT2D eigenvalue weighted by Crippen LogP contribution is -2.52. The molecule has 0 atom stereocenters. The third kappa shape index (κ3) is 3.36. The van der Waals surface area contributed by atoms with Gasteiger partial charge in [0.25, 0.3) is 0 Å². The Morgan fingerprint density at radius 2 is 1.95 bits per heavy atom. The summed E-state index contributed by atoms with van der Waals surface area (Å²) >= 11 is 0. The summed E-state index contributed by atoms with van der Waals surface area (Å²) in [6.07, 6.45) is 2.27. The second kappa shape index (κ2) is 5.24. The van der Waals surface area contributed by atoms with Crippen molar-refractivity contribution in [1.82, 2.24) is 5.32 Å². The topological polar surface area (TPSA) is 12.0 Å². The molecule has 106 valence electrons. The zero-order chi connectivity index (χ0) is 14.1. The molecule has 0 aliphatic heterocycles. The van der Waals surface area contributed by atoms with Crippen LogP contribution in [0.2, 0.25) is 0 Å². The Balaban J connectivity index is 2.12. The van der Waals surface area contributed by atoms with Crippen molar-refractivity contribution in [2.45, 2.75) is 46.0 Å². The van der Waals surface area contributed by atoms with E-state index in [0.717, 1.165) is 31.5 Å². The Morgan fingerprint density at radius 1 is 1.26 bits per heavy atom. The van der Waals surface area contributed by atoms with Gasteiger partial charge >= 0.3 is 0 Å². The highest BCUT2D eigenvalue weighted by Gasteiger charge is 2.49. The molecule has 1 aromatic rings. The van der Waals surface area contributed by atoms with E-state index in [1.165, 1.54) is 6.07 Å². The van der Waals surface area contributed by atoms with E-state index >= 15 is 0 Å². The molecule has 2 rings (SSSR count). The molecule has 1 saturated carbocycles. The van der Waals surface area contributed by atoms with E-state index in [1.54, 1.807) is 6.07 Å². The summed E-state index contributed by atoms with van der Waals surface area (Å²) in [6.45, 7) is 11.0. The second-order valence-electron chi connectivity index (χ2n) is 7.33. The number of rotatable bonds is 5. The van der Waals surface area contributed by atoms with Crippen molar-refractivity contribution in [3.05, 3.63) is 35.6 Å². The summed E-state index contributed by atoms with van der Waals surface area (Å²) in [5, 5.41) is 3.56. The third-order valence-corrected chi connectivity index (χ3v) is 4.09. The van der Waals surface area contributed by atoms with Crippen LogP contribution in [0.4, 0.5) is 4.39 Å². The fraction of sp³-hybridized carbons (Fsp3) is 0.647. The van der Waals surface area contributed by atoms with Gasteiger partial charge in [-0.2, -0.15) is 0 Å². The minimum Gasteiger partial charge on any atom is -0.316 e. The van der Waals surface area contributed by atoms with Crippen LogP contribution in [0.25, 0.3) is 0 Å². The van der Waals surface area contributed by atoms with Gasteiger partial charge in [0.1, 0.15) is 5.82 Å². The van der Waals surface area contributed by atoms with Gasteiger partial charge in [0.05, 0.1) is 0 Å². The largest absolute Gasteiger partial charge is 0.316 e. The molecule has 1 aromatic carbocycles. The maximum Gasteiger partial charge on any atom is 0.123 e. The van der Waals surface area contributed by atoms with Crippen LogP contribution >= 0.6 is 0 Å². The molecule has 2 heteroatoms. The molecular formula is C17H26FN. The molecule has 19 heavy (non-hydrogen) atoms. The van der Waals surface area contributed by atoms with Crippen LogP contribution in [0, 0.1) is 17.2 Å². The molecule has 0 spiro atoms. The predicted octanol–water partition coefficient (Wildman–Crippen LogP) is 4.13. The normalized spacial score (nSPS) is 20.3. The van der Waals surface area contributed by atoms with E-state index in [0.29, 0.717) is 11.3 Å². The van der Waals surface area contributed by atoms with Crippen LogP contribution in [0.1, 0.15) is 46.1 Å². The molecule has 0 aromatic heterocycles. The summed E-state index contributed by atoms with van der Waals surface area (Å²) in [6, 6.07) is 7.16. The van der Waals surface area contributed by atoms with Gasteiger partial charge in [-0.1, -0.05) is 39.8 Å². The Kier molecular flexibility index (Phi) is 4.00. The van der Waals surface area contributed by atoms with Crippen molar-refractivity contribution in [3.8, 4) is 0 Å². The zero-order valence-corrected chi connectivity index (χ0v) is 12.6. The van der Waals surface area contributed by atoms with Crippen LogP contribution in [0.3, 0.4) is 0 Å². The molecule has 1 nitrogen and oxygen atoms in total. The molecule has 0 saturated heterocycles. The number of hydrogen-bond acceptors (Lipinski definition) is 1. The minimum atomic E-state index is -0.120. The summed E-state index contributed by atoms with van der Waals surface area (Å²) in [5.41, 5.74) is 1.66. The van der Waals surface area contributed by atoms with Crippen molar-refractivity contribution >= 4 is 0 Å². The summed E-state index contributed by atoms with van der Waals surface area (Å²) in [7, 11) is 0. The molecule has 1 aliphatic rings. The van der Waals surface area contributed by atoms with Gasteiger partial charge in [-0.05, 0) is 48.4 Å². The summed E-state index contributed by atoms with van der Waals surface area (Å²) in [5.74, 6) is 0.531. The van der Waals surface area contributed by atoms with E-state index in [4.69, 9.17) is 0 Å². The SMILES string of the molecule is CC(C)CNCC1(c2cccc(F)c2)CC(C)(C)C1. The Hall–Kier alpha value is -0.890. The standard InChI is InChI=1S/C17H26FN/c1-13(2)9-19-12-17(10-16(3,4)11-17)14-6-5-7-15(18)8-14/h5-8,13,19H,9-12H2,1-4H3. The van der Waals surface area contributed by atoms with Crippen LogP contribution < -0.4 is 5.32 Å². The van der Waals surface area contributed by atoms with Gasteiger partial charge in [0, 0.05) is 12.0 Å². The fourth-order valence-corrected chi connectivity index (χ4v) is 3.63. The molecule has 0 bridgehead atoms. The van der Waals surface area contributed by atoms with Crippen molar-refractivity contribution in [1.29, 1.82) is 0 Å². The molecule has 1 N–H and O–H groups in total. The molecular weight excluding hydrogens is 237 g/mol. The van der Waals surface area contributed by atoms with Gasteiger partial charge in [0.2, 0.25) is 0 Å². The predicted molar refractivity (Wildman–Crippen MR) is 78.8 cm³/mol. The van der Waals surface area contributed by atoms with Crippen molar-refractivity contribution in [2.24, 2.45) is 11.3 Å². The third-order valence-electron chi connectivity index (χ3n) is 4.09. The smallest absolute Gasteiger partial charge is 0.123 e. The molecule has 1 aliphatic carbocycles. The van der Waals surface area contributed by atoms with Crippen molar-refractivity contribution in [2.75, 3.05) is 13.1 Å². The van der Waals surface area contributed by atoms with Gasteiger partial charge in [-0.25, -0.2) is 4.39 Å². The van der Waals surface area contributed by atoms with Gasteiger partial charge in [-0.3, -0.25) is 0 Å². The highest BCUT2D eigenvalue weighted by Crippen LogP contribution is 2.55.